The summed E-state index contributed by atoms with van der Waals surface area (Å²) < 4.78 is 2.22. The molecule has 0 N–H and O–H groups in total. The minimum atomic E-state index is 0.979. The standard InChI is InChI=1S/C18H20N2/c1-13-4-7-15(8-5-13)9-11-18-19-16-10-6-14(2)12-17(16)20(18)3/h4-8,10,12H,9,11H2,1-3H3. The van der Waals surface area contributed by atoms with Crippen LogP contribution >= 0.6 is 0 Å². The molecule has 3 aromatic rings. The van der Waals surface area contributed by atoms with Gasteiger partial charge in [-0.15, -0.1) is 0 Å². The van der Waals surface area contributed by atoms with E-state index >= 15 is 0 Å². The normalized spacial score (nSPS) is 11.2. The number of nitrogens with zero attached hydrogens (tertiary/aromatic N) is 2. The molecule has 102 valence electrons. The van der Waals surface area contributed by atoms with Gasteiger partial charge in [-0.3, -0.25) is 0 Å². The number of aryl methyl sites for hydroxylation is 5. The van der Waals surface area contributed by atoms with Crippen LogP contribution in [0.25, 0.3) is 11.0 Å². The van der Waals surface area contributed by atoms with E-state index in [9.17, 15) is 0 Å². The van der Waals surface area contributed by atoms with Crippen molar-refractivity contribution < 1.29 is 0 Å². The molecule has 20 heavy (non-hydrogen) atoms. The van der Waals surface area contributed by atoms with Crippen molar-refractivity contribution in [3.05, 3.63) is 65.0 Å². The fraction of sp³-hybridized carbons (Fsp3) is 0.278. The van der Waals surface area contributed by atoms with Gasteiger partial charge in [0.2, 0.25) is 0 Å². The minimum Gasteiger partial charge on any atom is -0.331 e. The van der Waals surface area contributed by atoms with Crippen LogP contribution in [0.15, 0.2) is 42.5 Å². The first-order valence-electron chi connectivity index (χ1n) is 7.11. The number of hydrogen-bond donors (Lipinski definition) is 0. The predicted octanol–water partition coefficient (Wildman–Crippen LogP) is 3.98. The summed E-state index contributed by atoms with van der Waals surface area (Å²) in [6, 6.07) is 15.2. The summed E-state index contributed by atoms with van der Waals surface area (Å²) in [5.41, 5.74) is 6.29. The van der Waals surface area contributed by atoms with Crippen LogP contribution in [0.3, 0.4) is 0 Å². The molecule has 0 saturated heterocycles. The number of imidazole rings is 1. The molecule has 0 spiro atoms. The van der Waals surface area contributed by atoms with Crippen LogP contribution < -0.4 is 0 Å². The molecule has 0 amide bonds. The maximum absolute atomic E-state index is 4.75. The predicted molar refractivity (Wildman–Crippen MR) is 84.0 cm³/mol. The van der Waals surface area contributed by atoms with Crippen molar-refractivity contribution in [2.45, 2.75) is 26.7 Å². The Hall–Kier alpha value is -2.09. The molecule has 2 aromatic carbocycles. The lowest BCUT2D eigenvalue weighted by Crippen LogP contribution is -2.00. The van der Waals surface area contributed by atoms with E-state index in [0.29, 0.717) is 0 Å². The van der Waals surface area contributed by atoms with Gasteiger partial charge in [0.15, 0.2) is 0 Å². The third-order valence-corrected chi connectivity index (χ3v) is 3.89. The molecule has 1 heterocycles. The van der Waals surface area contributed by atoms with Crippen LogP contribution in [-0.4, -0.2) is 9.55 Å². The SMILES string of the molecule is Cc1ccc(CCc2nc3ccc(C)cc3n2C)cc1. The highest BCUT2D eigenvalue weighted by molar-refractivity contribution is 5.76. The minimum absolute atomic E-state index is 0.979. The Labute approximate surface area is 120 Å². The topological polar surface area (TPSA) is 17.8 Å². The van der Waals surface area contributed by atoms with Crippen LogP contribution in [-0.2, 0) is 19.9 Å². The van der Waals surface area contributed by atoms with E-state index in [1.165, 1.54) is 22.2 Å². The number of hydrogen-bond acceptors (Lipinski definition) is 1. The van der Waals surface area contributed by atoms with Crippen molar-refractivity contribution in [1.29, 1.82) is 0 Å². The molecule has 0 bridgehead atoms. The van der Waals surface area contributed by atoms with E-state index in [-0.39, 0.29) is 0 Å². The smallest absolute Gasteiger partial charge is 0.109 e. The van der Waals surface area contributed by atoms with Gasteiger partial charge in [-0.2, -0.15) is 0 Å². The second-order valence-electron chi connectivity index (χ2n) is 5.56. The zero-order chi connectivity index (χ0) is 14.1. The molecule has 2 heteroatoms. The van der Waals surface area contributed by atoms with Gasteiger partial charge in [-0.1, -0.05) is 35.9 Å². The number of rotatable bonds is 3. The van der Waals surface area contributed by atoms with Gasteiger partial charge in [-0.05, 0) is 43.5 Å². The summed E-state index contributed by atoms with van der Waals surface area (Å²) >= 11 is 0. The molecule has 1 aromatic heterocycles. The van der Waals surface area contributed by atoms with Crippen molar-refractivity contribution >= 4 is 11.0 Å². The van der Waals surface area contributed by atoms with Gasteiger partial charge in [0.05, 0.1) is 11.0 Å². The number of benzene rings is 2. The quantitative estimate of drug-likeness (QED) is 0.699. The lowest BCUT2D eigenvalue weighted by molar-refractivity contribution is 0.786. The first kappa shape index (κ1) is 12.9. The summed E-state index contributed by atoms with van der Waals surface area (Å²) in [5.74, 6) is 1.16. The lowest BCUT2D eigenvalue weighted by atomic mass is 10.1. The lowest BCUT2D eigenvalue weighted by Gasteiger charge is -2.03. The van der Waals surface area contributed by atoms with E-state index in [1.54, 1.807) is 0 Å². The monoisotopic (exact) mass is 264 g/mol. The maximum Gasteiger partial charge on any atom is 0.109 e. The fourth-order valence-electron chi connectivity index (χ4n) is 2.58. The summed E-state index contributed by atoms with van der Waals surface area (Å²) in [4.78, 5) is 4.75. The Morgan fingerprint density at radius 1 is 0.900 bits per heavy atom. The van der Waals surface area contributed by atoms with Crippen LogP contribution in [0.5, 0.6) is 0 Å². The molecule has 2 nitrogen and oxygen atoms in total. The second-order valence-corrected chi connectivity index (χ2v) is 5.56. The van der Waals surface area contributed by atoms with Gasteiger partial charge in [0.25, 0.3) is 0 Å². The third-order valence-electron chi connectivity index (χ3n) is 3.89. The third kappa shape index (κ3) is 2.46. The van der Waals surface area contributed by atoms with Crippen LogP contribution in [0.2, 0.25) is 0 Å². The first-order valence-corrected chi connectivity index (χ1v) is 7.11. The molecular weight excluding hydrogens is 244 g/mol. The molecule has 0 unspecified atom stereocenters. The molecule has 0 saturated carbocycles. The van der Waals surface area contributed by atoms with Crippen molar-refractivity contribution in [2.75, 3.05) is 0 Å². The first-order chi connectivity index (χ1) is 9.63. The highest BCUT2D eigenvalue weighted by Crippen LogP contribution is 2.18. The highest BCUT2D eigenvalue weighted by Gasteiger charge is 2.07. The van der Waals surface area contributed by atoms with Crippen LogP contribution in [0.1, 0.15) is 22.5 Å². The molecular formula is C18H20N2. The Kier molecular flexibility index (Phi) is 3.31. The molecule has 0 fully saturated rings. The van der Waals surface area contributed by atoms with Crippen molar-refractivity contribution in [3.8, 4) is 0 Å². The van der Waals surface area contributed by atoms with Crippen molar-refractivity contribution in [3.63, 3.8) is 0 Å². The molecule has 3 rings (SSSR count). The summed E-state index contributed by atoms with van der Waals surface area (Å²) in [5, 5.41) is 0. The van der Waals surface area contributed by atoms with Gasteiger partial charge >= 0.3 is 0 Å². The summed E-state index contributed by atoms with van der Waals surface area (Å²) in [6.45, 7) is 4.25. The van der Waals surface area contributed by atoms with Crippen molar-refractivity contribution in [2.24, 2.45) is 7.05 Å². The Morgan fingerprint density at radius 3 is 2.35 bits per heavy atom. The second kappa shape index (κ2) is 5.12. The highest BCUT2D eigenvalue weighted by atomic mass is 15.1. The van der Waals surface area contributed by atoms with E-state index in [2.05, 4.69) is 67.9 Å². The zero-order valence-corrected chi connectivity index (χ0v) is 12.4. The molecule has 0 aliphatic carbocycles. The maximum atomic E-state index is 4.75. The zero-order valence-electron chi connectivity index (χ0n) is 12.4. The summed E-state index contributed by atoms with van der Waals surface area (Å²) in [6.07, 6.45) is 2.02. The molecule has 0 radical (unpaired) electrons. The van der Waals surface area contributed by atoms with E-state index in [0.717, 1.165) is 24.2 Å². The molecule has 0 aliphatic heterocycles. The van der Waals surface area contributed by atoms with Crippen LogP contribution in [0, 0.1) is 13.8 Å². The van der Waals surface area contributed by atoms with Gasteiger partial charge < -0.3 is 4.57 Å². The fourth-order valence-corrected chi connectivity index (χ4v) is 2.58. The van der Waals surface area contributed by atoms with Crippen LogP contribution in [0.4, 0.5) is 0 Å². The molecule has 0 atom stereocenters. The van der Waals surface area contributed by atoms with E-state index in [4.69, 9.17) is 4.98 Å². The largest absolute Gasteiger partial charge is 0.331 e. The molecule has 0 aliphatic rings. The average molecular weight is 264 g/mol. The Morgan fingerprint density at radius 2 is 1.60 bits per heavy atom. The van der Waals surface area contributed by atoms with Crippen molar-refractivity contribution in [1.82, 2.24) is 9.55 Å². The average Bonchev–Trinajstić information content (AvgIpc) is 2.75. The van der Waals surface area contributed by atoms with Gasteiger partial charge in [-0.25, -0.2) is 4.98 Å². The van der Waals surface area contributed by atoms with E-state index < -0.39 is 0 Å². The Bertz CT molecular complexity index is 736. The Balaban J connectivity index is 1.84. The summed E-state index contributed by atoms with van der Waals surface area (Å²) in [7, 11) is 2.11. The number of fused-ring (bicyclic) bond motifs is 1. The van der Waals surface area contributed by atoms with Gasteiger partial charge in [0.1, 0.15) is 5.82 Å². The van der Waals surface area contributed by atoms with E-state index in [1.807, 2.05) is 0 Å². The van der Waals surface area contributed by atoms with Gasteiger partial charge in [0, 0.05) is 13.5 Å². The number of aromatic nitrogens is 2.